The van der Waals surface area contributed by atoms with Crippen LogP contribution in [0.5, 0.6) is 10.9 Å². The lowest BCUT2D eigenvalue weighted by atomic mass is 10.1. The lowest BCUT2D eigenvalue weighted by molar-refractivity contribution is -0.134. The van der Waals surface area contributed by atoms with Crippen molar-refractivity contribution in [2.45, 2.75) is 18.9 Å². The molecule has 7 nitrogen and oxygen atoms in total. The molecule has 8 heteroatoms. The molecule has 26 heavy (non-hydrogen) atoms. The summed E-state index contributed by atoms with van der Waals surface area (Å²) in [6, 6.07) is 5.78. The molecular formula is C18H20N2O5S. The fraction of sp³-hybridized carbons (Fsp3) is 0.444. The van der Waals surface area contributed by atoms with E-state index < -0.39 is 0 Å². The first-order valence-electron chi connectivity index (χ1n) is 8.58. The Morgan fingerprint density at radius 3 is 2.88 bits per heavy atom. The number of piperidine rings is 1. The van der Waals surface area contributed by atoms with Gasteiger partial charge in [0, 0.05) is 25.9 Å². The quantitative estimate of drug-likeness (QED) is 0.817. The number of carbonyl (C=O) groups is 1. The SMILES string of the molecule is COc1ccc2nc(OC3CCN(C(=O)C4=COCCO4)CC3)sc2c1. The van der Waals surface area contributed by atoms with E-state index in [0.717, 1.165) is 28.8 Å². The van der Waals surface area contributed by atoms with Gasteiger partial charge < -0.3 is 23.8 Å². The van der Waals surface area contributed by atoms with Gasteiger partial charge in [-0.15, -0.1) is 0 Å². The number of likely N-dealkylation sites (tertiary alicyclic amines) is 1. The zero-order valence-corrected chi connectivity index (χ0v) is 15.3. The minimum Gasteiger partial charge on any atom is -0.497 e. The molecule has 0 aliphatic carbocycles. The molecule has 0 atom stereocenters. The molecule has 0 saturated carbocycles. The molecule has 1 fully saturated rings. The summed E-state index contributed by atoms with van der Waals surface area (Å²) in [4.78, 5) is 18.7. The van der Waals surface area contributed by atoms with E-state index in [2.05, 4.69) is 4.98 Å². The third-order valence-electron chi connectivity index (χ3n) is 4.43. The minimum atomic E-state index is -0.116. The van der Waals surface area contributed by atoms with Crippen molar-refractivity contribution in [2.24, 2.45) is 0 Å². The number of hydrogen-bond acceptors (Lipinski definition) is 7. The van der Waals surface area contributed by atoms with E-state index in [1.807, 2.05) is 18.2 Å². The summed E-state index contributed by atoms with van der Waals surface area (Å²) < 4.78 is 22.9. The topological polar surface area (TPSA) is 70.1 Å². The van der Waals surface area contributed by atoms with Gasteiger partial charge in [-0.05, 0) is 18.2 Å². The predicted octanol–water partition coefficient (Wildman–Crippen LogP) is 2.56. The standard InChI is InChI=1S/C18H20N2O5S/c1-22-13-2-3-14-16(10-13)26-18(19-14)25-12-4-6-20(7-5-12)17(21)15-11-23-8-9-24-15/h2-3,10-12H,4-9H2,1H3. The number of ether oxygens (including phenoxy) is 4. The second-order valence-electron chi connectivity index (χ2n) is 6.12. The number of amides is 1. The highest BCUT2D eigenvalue weighted by molar-refractivity contribution is 7.20. The van der Waals surface area contributed by atoms with Gasteiger partial charge in [-0.2, -0.15) is 0 Å². The highest BCUT2D eigenvalue weighted by Crippen LogP contribution is 2.32. The van der Waals surface area contributed by atoms with E-state index in [1.54, 1.807) is 12.0 Å². The van der Waals surface area contributed by atoms with Crippen LogP contribution < -0.4 is 9.47 Å². The fourth-order valence-electron chi connectivity index (χ4n) is 3.02. The van der Waals surface area contributed by atoms with Crippen LogP contribution in [0.25, 0.3) is 10.2 Å². The van der Waals surface area contributed by atoms with E-state index in [0.29, 0.717) is 31.5 Å². The fourth-order valence-corrected chi connectivity index (χ4v) is 3.93. The summed E-state index contributed by atoms with van der Waals surface area (Å²) in [5.74, 6) is 0.980. The summed E-state index contributed by atoms with van der Waals surface area (Å²) in [6.07, 6.45) is 2.99. The second-order valence-corrected chi connectivity index (χ2v) is 7.12. The number of hydrogen-bond donors (Lipinski definition) is 0. The minimum absolute atomic E-state index is 0.0546. The van der Waals surface area contributed by atoms with Crippen molar-refractivity contribution in [1.82, 2.24) is 9.88 Å². The lowest BCUT2D eigenvalue weighted by Crippen LogP contribution is -2.43. The van der Waals surface area contributed by atoms with E-state index in [1.165, 1.54) is 17.6 Å². The lowest BCUT2D eigenvalue weighted by Gasteiger charge is -2.32. The molecule has 2 aliphatic rings. The number of nitrogens with zero attached hydrogens (tertiary/aromatic N) is 2. The summed E-state index contributed by atoms with van der Waals surface area (Å²) in [5, 5.41) is 0.657. The third-order valence-corrected chi connectivity index (χ3v) is 5.34. The maximum absolute atomic E-state index is 12.4. The summed E-state index contributed by atoms with van der Waals surface area (Å²) >= 11 is 1.51. The Hall–Kier alpha value is -2.48. The Balaban J connectivity index is 1.35. The van der Waals surface area contributed by atoms with Crippen molar-refractivity contribution < 1.29 is 23.7 Å². The van der Waals surface area contributed by atoms with Gasteiger partial charge in [0.05, 0.1) is 17.3 Å². The smallest absolute Gasteiger partial charge is 0.292 e. The molecule has 0 bridgehead atoms. The van der Waals surface area contributed by atoms with Crippen LogP contribution in [0.1, 0.15) is 12.8 Å². The average Bonchev–Trinajstić information content (AvgIpc) is 3.10. The van der Waals surface area contributed by atoms with Gasteiger partial charge in [-0.1, -0.05) is 11.3 Å². The number of aromatic nitrogens is 1. The van der Waals surface area contributed by atoms with Crippen LogP contribution in [0.3, 0.4) is 0 Å². The normalized spacial score (nSPS) is 18.0. The van der Waals surface area contributed by atoms with Crippen LogP contribution >= 0.6 is 11.3 Å². The monoisotopic (exact) mass is 376 g/mol. The van der Waals surface area contributed by atoms with Crippen LogP contribution in [-0.4, -0.2) is 55.3 Å². The average molecular weight is 376 g/mol. The molecule has 0 radical (unpaired) electrons. The van der Waals surface area contributed by atoms with Crippen molar-refractivity contribution in [1.29, 1.82) is 0 Å². The van der Waals surface area contributed by atoms with Gasteiger partial charge in [-0.3, -0.25) is 4.79 Å². The number of benzene rings is 1. The Morgan fingerprint density at radius 2 is 2.15 bits per heavy atom. The molecule has 0 spiro atoms. The third kappa shape index (κ3) is 3.55. The summed E-state index contributed by atoms with van der Waals surface area (Å²) in [5.41, 5.74) is 0.903. The molecule has 1 aromatic carbocycles. The molecule has 1 aromatic heterocycles. The van der Waals surface area contributed by atoms with Crippen LogP contribution in [-0.2, 0) is 14.3 Å². The van der Waals surface area contributed by atoms with Crippen LogP contribution in [0.4, 0.5) is 0 Å². The van der Waals surface area contributed by atoms with E-state index in [9.17, 15) is 4.79 Å². The Kier molecular flexibility index (Phi) is 4.83. The van der Waals surface area contributed by atoms with E-state index in [-0.39, 0.29) is 17.8 Å². The Labute approximate surface area is 155 Å². The first-order valence-corrected chi connectivity index (χ1v) is 9.39. The van der Waals surface area contributed by atoms with Gasteiger partial charge in [-0.25, -0.2) is 4.98 Å². The number of fused-ring (bicyclic) bond motifs is 1. The number of methoxy groups -OCH3 is 1. The van der Waals surface area contributed by atoms with E-state index >= 15 is 0 Å². The summed E-state index contributed by atoms with van der Waals surface area (Å²) in [7, 11) is 1.65. The highest BCUT2D eigenvalue weighted by Gasteiger charge is 2.28. The van der Waals surface area contributed by atoms with Gasteiger partial charge >= 0.3 is 0 Å². The second kappa shape index (κ2) is 7.41. The van der Waals surface area contributed by atoms with Crippen molar-refractivity contribution >= 4 is 27.5 Å². The molecule has 1 amide bonds. The van der Waals surface area contributed by atoms with Gasteiger partial charge in [0.15, 0.2) is 0 Å². The number of rotatable bonds is 4. The first kappa shape index (κ1) is 17.0. The van der Waals surface area contributed by atoms with Gasteiger partial charge in [0.1, 0.15) is 31.3 Å². The molecule has 2 aromatic rings. The zero-order chi connectivity index (χ0) is 17.9. The van der Waals surface area contributed by atoms with E-state index in [4.69, 9.17) is 18.9 Å². The van der Waals surface area contributed by atoms with Crippen molar-refractivity contribution in [2.75, 3.05) is 33.4 Å². The van der Waals surface area contributed by atoms with Crippen LogP contribution in [0.15, 0.2) is 30.2 Å². The highest BCUT2D eigenvalue weighted by atomic mass is 32.1. The van der Waals surface area contributed by atoms with Crippen LogP contribution in [0, 0.1) is 0 Å². The predicted molar refractivity (Wildman–Crippen MR) is 96.4 cm³/mol. The number of thiazole rings is 1. The maximum atomic E-state index is 12.4. The van der Waals surface area contributed by atoms with Gasteiger partial charge in [0.25, 0.3) is 11.1 Å². The molecule has 3 heterocycles. The molecule has 4 rings (SSSR count). The largest absolute Gasteiger partial charge is 0.497 e. The maximum Gasteiger partial charge on any atom is 0.292 e. The van der Waals surface area contributed by atoms with Crippen molar-refractivity contribution in [3.8, 4) is 10.9 Å². The van der Waals surface area contributed by atoms with Crippen molar-refractivity contribution in [3.63, 3.8) is 0 Å². The Bertz CT molecular complexity index is 826. The molecular weight excluding hydrogens is 356 g/mol. The molecule has 0 N–H and O–H groups in total. The molecule has 2 aliphatic heterocycles. The number of carbonyl (C=O) groups excluding carboxylic acids is 1. The molecule has 138 valence electrons. The molecule has 1 saturated heterocycles. The van der Waals surface area contributed by atoms with Crippen molar-refractivity contribution in [3.05, 3.63) is 30.2 Å². The Morgan fingerprint density at radius 1 is 1.31 bits per heavy atom. The first-order chi connectivity index (χ1) is 12.7. The van der Waals surface area contributed by atoms with Crippen LogP contribution in [0.2, 0.25) is 0 Å². The van der Waals surface area contributed by atoms with Gasteiger partial charge in [0.2, 0.25) is 5.76 Å². The summed E-state index contributed by atoms with van der Waals surface area (Å²) in [6.45, 7) is 2.16. The molecule has 0 unspecified atom stereocenters. The zero-order valence-electron chi connectivity index (χ0n) is 14.5.